The normalized spacial score (nSPS) is 12.5. The molecule has 0 atom stereocenters. The van der Waals surface area contributed by atoms with E-state index in [2.05, 4.69) is 0 Å². The first-order chi connectivity index (χ1) is 12.0. The standard InChI is InChI=1S/C19H17NO5/c1-12-5-6-15(10-17(12)20(23)24)18(21)11-25-19(22)16-8-7-13-3-2-4-14(13)9-16/h5-10H,2-4,11H2,1H3. The van der Waals surface area contributed by atoms with E-state index in [0.29, 0.717) is 11.1 Å². The van der Waals surface area contributed by atoms with Crippen LogP contribution in [0.5, 0.6) is 0 Å². The Morgan fingerprint density at radius 2 is 1.80 bits per heavy atom. The van der Waals surface area contributed by atoms with Gasteiger partial charge in [0, 0.05) is 17.2 Å². The van der Waals surface area contributed by atoms with Gasteiger partial charge in [0.25, 0.3) is 5.69 Å². The fraction of sp³-hybridized carbons (Fsp3) is 0.263. The van der Waals surface area contributed by atoms with Gasteiger partial charge in [-0.15, -0.1) is 0 Å². The molecule has 0 radical (unpaired) electrons. The number of carbonyl (C=O) groups is 2. The van der Waals surface area contributed by atoms with Crippen molar-refractivity contribution in [1.82, 2.24) is 0 Å². The van der Waals surface area contributed by atoms with Gasteiger partial charge in [-0.1, -0.05) is 18.2 Å². The quantitative estimate of drug-likeness (QED) is 0.360. The van der Waals surface area contributed by atoms with Gasteiger partial charge in [-0.05, 0) is 49.4 Å². The molecule has 0 spiro atoms. The average Bonchev–Trinajstić information content (AvgIpc) is 3.07. The monoisotopic (exact) mass is 339 g/mol. The molecule has 6 heteroatoms. The molecule has 2 aromatic carbocycles. The number of ketones is 1. The summed E-state index contributed by atoms with van der Waals surface area (Å²) in [6, 6.07) is 9.64. The third-order valence-corrected chi connectivity index (χ3v) is 4.40. The number of nitro groups is 1. The maximum absolute atomic E-state index is 12.2. The lowest BCUT2D eigenvalue weighted by Crippen LogP contribution is -2.14. The number of nitro benzene ring substituents is 1. The zero-order chi connectivity index (χ0) is 18.0. The molecule has 128 valence electrons. The fourth-order valence-corrected chi connectivity index (χ4v) is 2.98. The molecule has 0 amide bonds. The third kappa shape index (κ3) is 3.57. The van der Waals surface area contributed by atoms with Crippen molar-refractivity contribution in [3.8, 4) is 0 Å². The summed E-state index contributed by atoms with van der Waals surface area (Å²) >= 11 is 0. The minimum Gasteiger partial charge on any atom is -0.454 e. The molecule has 0 saturated carbocycles. The zero-order valence-electron chi connectivity index (χ0n) is 13.8. The predicted molar refractivity (Wildman–Crippen MR) is 90.9 cm³/mol. The molecule has 0 N–H and O–H groups in total. The molecule has 6 nitrogen and oxygen atoms in total. The number of Topliss-reactive ketones (excluding diaryl/α,β-unsaturated/α-hetero) is 1. The number of esters is 1. The van der Waals surface area contributed by atoms with Crippen LogP contribution in [0.25, 0.3) is 0 Å². The van der Waals surface area contributed by atoms with Crippen LogP contribution in [0.1, 0.15) is 43.8 Å². The molecule has 0 heterocycles. The fourth-order valence-electron chi connectivity index (χ4n) is 2.98. The van der Waals surface area contributed by atoms with E-state index in [4.69, 9.17) is 4.74 Å². The molecule has 1 aliphatic rings. The molecule has 0 saturated heterocycles. The Hall–Kier alpha value is -3.02. The molecular weight excluding hydrogens is 322 g/mol. The van der Waals surface area contributed by atoms with Crippen LogP contribution < -0.4 is 0 Å². The first-order valence-electron chi connectivity index (χ1n) is 8.03. The second kappa shape index (κ2) is 6.84. The summed E-state index contributed by atoms with van der Waals surface area (Å²) in [6.45, 7) is 1.15. The van der Waals surface area contributed by atoms with Crippen LogP contribution in [0.3, 0.4) is 0 Å². The topological polar surface area (TPSA) is 86.5 Å². The molecule has 0 fully saturated rings. The van der Waals surface area contributed by atoms with Crippen molar-refractivity contribution < 1.29 is 19.2 Å². The van der Waals surface area contributed by atoms with Crippen LogP contribution in [0.2, 0.25) is 0 Å². The van der Waals surface area contributed by atoms with Crippen molar-refractivity contribution in [2.45, 2.75) is 26.2 Å². The van der Waals surface area contributed by atoms with E-state index in [1.54, 1.807) is 13.0 Å². The number of hydrogen-bond acceptors (Lipinski definition) is 5. The van der Waals surface area contributed by atoms with Crippen LogP contribution in [0.15, 0.2) is 36.4 Å². The van der Waals surface area contributed by atoms with Gasteiger partial charge in [0.2, 0.25) is 5.78 Å². The number of nitrogens with zero attached hydrogens (tertiary/aromatic N) is 1. The Bertz CT molecular complexity index is 872. The van der Waals surface area contributed by atoms with Gasteiger partial charge < -0.3 is 4.74 Å². The molecule has 1 aliphatic carbocycles. The molecular formula is C19H17NO5. The smallest absolute Gasteiger partial charge is 0.338 e. The number of fused-ring (bicyclic) bond motifs is 1. The highest BCUT2D eigenvalue weighted by Crippen LogP contribution is 2.23. The SMILES string of the molecule is Cc1ccc(C(=O)COC(=O)c2ccc3c(c2)CCC3)cc1[N+](=O)[O-]. The van der Waals surface area contributed by atoms with Crippen molar-refractivity contribution in [3.63, 3.8) is 0 Å². The summed E-state index contributed by atoms with van der Waals surface area (Å²) in [4.78, 5) is 34.7. The molecule has 0 aromatic heterocycles. The highest BCUT2D eigenvalue weighted by molar-refractivity contribution is 6.00. The summed E-state index contributed by atoms with van der Waals surface area (Å²) in [7, 11) is 0. The van der Waals surface area contributed by atoms with Gasteiger partial charge in [0.05, 0.1) is 10.5 Å². The summed E-state index contributed by atoms with van der Waals surface area (Å²) in [5, 5.41) is 10.9. The van der Waals surface area contributed by atoms with E-state index in [9.17, 15) is 19.7 Å². The average molecular weight is 339 g/mol. The molecule has 0 aliphatic heterocycles. The largest absolute Gasteiger partial charge is 0.454 e. The Morgan fingerprint density at radius 1 is 1.08 bits per heavy atom. The van der Waals surface area contributed by atoms with E-state index in [0.717, 1.165) is 24.8 Å². The Balaban J connectivity index is 1.67. The molecule has 2 aromatic rings. The maximum Gasteiger partial charge on any atom is 0.338 e. The number of ether oxygens (including phenoxy) is 1. The van der Waals surface area contributed by atoms with E-state index >= 15 is 0 Å². The van der Waals surface area contributed by atoms with Crippen molar-refractivity contribution in [3.05, 3.63) is 74.3 Å². The molecule has 3 rings (SSSR count). The van der Waals surface area contributed by atoms with Gasteiger partial charge in [0.15, 0.2) is 6.61 Å². The molecule has 0 bridgehead atoms. The minimum absolute atomic E-state index is 0.129. The zero-order valence-corrected chi connectivity index (χ0v) is 13.8. The lowest BCUT2D eigenvalue weighted by atomic mass is 10.1. The van der Waals surface area contributed by atoms with Gasteiger partial charge in [-0.2, -0.15) is 0 Å². The summed E-state index contributed by atoms with van der Waals surface area (Å²) in [5.41, 5.74) is 3.31. The number of carbonyl (C=O) groups excluding carboxylic acids is 2. The lowest BCUT2D eigenvalue weighted by molar-refractivity contribution is -0.385. The first kappa shape index (κ1) is 16.8. The summed E-state index contributed by atoms with van der Waals surface area (Å²) in [6.07, 6.45) is 3.05. The van der Waals surface area contributed by atoms with E-state index < -0.39 is 23.3 Å². The maximum atomic E-state index is 12.2. The van der Waals surface area contributed by atoms with E-state index in [-0.39, 0.29) is 11.3 Å². The number of hydrogen-bond donors (Lipinski definition) is 0. The number of rotatable bonds is 5. The van der Waals surface area contributed by atoms with Crippen molar-refractivity contribution in [2.75, 3.05) is 6.61 Å². The molecule has 25 heavy (non-hydrogen) atoms. The van der Waals surface area contributed by atoms with Gasteiger partial charge in [0.1, 0.15) is 0 Å². The highest BCUT2D eigenvalue weighted by atomic mass is 16.6. The second-order valence-electron chi connectivity index (χ2n) is 6.09. The van der Waals surface area contributed by atoms with Crippen LogP contribution in [0, 0.1) is 17.0 Å². The van der Waals surface area contributed by atoms with Crippen molar-refractivity contribution in [1.29, 1.82) is 0 Å². The lowest BCUT2D eigenvalue weighted by Gasteiger charge is -2.07. The van der Waals surface area contributed by atoms with E-state index in [1.807, 2.05) is 12.1 Å². The summed E-state index contributed by atoms with van der Waals surface area (Å²) < 4.78 is 5.08. The van der Waals surface area contributed by atoms with E-state index in [1.165, 1.54) is 23.8 Å². The second-order valence-corrected chi connectivity index (χ2v) is 6.09. The van der Waals surface area contributed by atoms with Crippen LogP contribution in [-0.2, 0) is 17.6 Å². The third-order valence-electron chi connectivity index (χ3n) is 4.40. The summed E-state index contributed by atoms with van der Waals surface area (Å²) in [5.74, 6) is -1.04. The van der Waals surface area contributed by atoms with Crippen LogP contribution >= 0.6 is 0 Å². The molecule has 0 unspecified atom stereocenters. The van der Waals surface area contributed by atoms with Crippen LogP contribution in [-0.4, -0.2) is 23.3 Å². The Morgan fingerprint density at radius 3 is 2.56 bits per heavy atom. The first-order valence-corrected chi connectivity index (χ1v) is 8.03. The van der Waals surface area contributed by atoms with Gasteiger partial charge in [-0.3, -0.25) is 14.9 Å². The van der Waals surface area contributed by atoms with Gasteiger partial charge >= 0.3 is 5.97 Å². The van der Waals surface area contributed by atoms with Crippen molar-refractivity contribution >= 4 is 17.4 Å². The highest BCUT2D eigenvalue weighted by Gasteiger charge is 2.18. The van der Waals surface area contributed by atoms with Crippen molar-refractivity contribution in [2.24, 2.45) is 0 Å². The predicted octanol–water partition coefficient (Wildman–Crippen LogP) is 3.43. The van der Waals surface area contributed by atoms with Crippen LogP contribution in [0.4, 0.5) is 5.69 Å². The Kier molecular flexibility index (Phi) is 4.61. The van der Waals surface area contributed by atoms with Gasteiger partial charge in [-0.25, -0.2) is 4.79 Å². The number of aryl methyl sites for hydroxylation is 3. The Labute approximate surface area is 144 Å². The number of benzene rings is 2. The minimum atomic E-state index is -0.565.